The minimum Gasteiger partial charge on any atom is -0.490 e. The molecule has 2 N–H and O–H groups in total. The number of fused-ring (bicyclic) bond motifs is 1. The Kier molecular flexibility index (Phi) is 3.97. The lowest BCUT2D eigenvalue weighted by atomic mass is 9.94. The Hall–Kier alpha value is -2.89. The van der Waals surface area contributed by atoms with Gasteiger partial charge in [-0.05, 0) is 38.1 Å². The molecule has 24 heavy (non-hydrogen) atoms. The second-order valence-corrected chi connectivity index (χ2v) is 6.27. The second kappa shape index (κ2) is 5.96. The zero-order valence-electron chi connectivity index (χ0n) is 13.4. The molecular weight excluding hydrogens is 311 g/mol. The number of amides is 2. The summed E-state index contributed by atoms with van der Waals surface area (Å²) in [6.45, 7) is 3.79. The van der Waals surface area contributed by atoms with Gasteiger partial charge >= 0.3 is 0 Å². The van der Waals surface area contributed by atoms with E-state index in [2.05, 4.69) is 10.6 Å². The van der Waals surface area contributed by atoms with E-state index in [4.69, 9.17) is 4.74 Å². The Balaban J connectivity index is 1.83. The van der Waals surface area contributed by atoms with E-state index in [0.29, 0.717) is 17.1 Å². The third-order valence-electron chi connectivity index (χ3n) is 3.81. The fourth-order valence-electron chi connectivity index (χ4n) is 2.28. The van der Waals surface area contributed by atoms with Crippen molar-refractivity contribution in [2.45, 2.75) is 13.8 Å². The quantitative estimate of drug-likeness (QED) is 0.887. The molecule has 1 aliphatic rings. The molecule has 0 atom stereocenters. The average Bonchev–Trinajstić information content (AvgIpc) is 2.65. The molecule has 5 nitrogen and oxygen atoms in total. The third kappa shape index (κ3) is 3.08. The van der Waals surface area contributed by atoms with Crippen LogP contribution in [0.3, 0.4) is 0 Å². The Morgan fingerprint density at radius 3 is 2.75 bits per heavy atom. The van der Waals surface area contributed by atoms with Gasteiger partial charge in [0.2, 0.25) is 5.91 Å². The Labute approximate surface area is 138 Å². The third-order valence-corrected chi connectivity index (χ3v) is 3.81. The minimum absolute atomic E-state index is 0.0391. The van der Waals surface area contributed by atoms with E-state index in [-0.39, 0.29) is 18.1 Å². The molecule has 0 unspecified atom stereocenters. The fraction of sp³-hybridized carbons (Fsp3) is 0.222. The summed E-state index contributed by atoms with van der Waals surface area (Å²) >= 11 is 0. The van der Waals surface area contributed by atoms with E-state index in [1.165, 1.54) is 18.2 Å². The first-order chi connectivity index (χ1) is 11.4. The summed E-state index contributed by atoms with van der Waals surface area (Å²) in [5, 5.41) is 5.43. The van der Waals surface area contributed by atoms with E-state index in [0.717, 1.165) is 0 Å². The van der Waals surface area contributed by atoms with Crippen LogP contribution in [0.1, 0.15) is 24.2 Å². The van der Waals surface area contributed by atoms with Gasteiger partial charge in [-0.25, -0.2) is 4.39 Å². The van der Waals surface area contributed by atoms with Gasteiger partial charge in [0.05, 0.1) is 16.7 Å². The molecule has 2 aromatic carbocycles. The molecule has 124 valence electrons. The Bertz CT molecular complexity index is 818. The van der Waals surface area contributed by atoms with Gasteiger partial charge < -0.3 is 15.4 Å². The topological polar surface area (TPSA) is 67.4 Å². The van der Waals surface area contributed by atoms with Gasteiger partial charge in [0, 0.05) is 11.8 Å². The predicted molar refractivity (Wildman–Crippen MR) is 88.7 cm³/mol. The molecule has 3 rings (SSSR count). The molecule has 1 aliphatic heterocycles. The van der Waals surface area contributed by atoms with Crippen molar-refractivity contribution in [2.24, 2.45) is 5.41 Å². The van der Waals surface area contributed by atoms with Crippen molar-refractivity contribution in [3.05, 3.63) is 53.8 Å². The lowest BCUT2D eigenvalue weighted by Crippen LogP contribution is -2.33. The van der Waals surface area contributed by atoms with Crippen molar-refractivity contribution in [1.29, 1.82) is 0 Å². The second-order valence-electron chi connectivity index (χ2n) is 6.27. The van der Waals surface area contributed by atoms with Crippen LogP contribution >= 0.6 is 0 Å². The van der Waals surface area contributed by atoms with Crippen LogP contribution in [-0.2, 0) is 4.79 Å². The first kappa shape index (κ1) is 16.0. The molecule has 2 aromatic rings. The first-order valence-corrected chi connectivity index (χ1v) is 7.51. The molecule has 0 aliphatic carbocycles. The van der Waals surface area contributed by atoms with E-state index in [9.17, 15) is 14.0 Å². The van der Waals surface area contributed by atoms with Crippen molar-refractivity contribution < 1.29 is 18.7 Å². The lowest BCUT2D eigenvalue weighted by molar-refractivity contribution is -0.124. The number of hydrogen-bond donors (Lipinski definition) is 2. The molecule has 0 aromatic heterocycles. The number of nitrogens with one attached hydrogen (secondary N) is 2. The van der Waals surface area contributed by atoms with Crippen molar-refractivity contribution >= 4 is 23.2 Å². The lowest BCUT2D eigenvalue weighted by Gasteiger charge is -2.18. The zero-order valence-corrected chi connectivity index (χ0v) is 13.4. The van der Waals surface area contributed by atoms with Crippen molar-refractivity contribution in [3.8, 4) is 5.75 Å². The maximum absolute atomic E-state index is 13.7. The van der Waals surface area contributed by atoms with Crippen LogP contribution in [0.15, 0.2) is 42.5 Å². The predicted octanol–water partition coefficient (Wildman–Crippen LogP) is 3.44. The number of anilines is 2. The molecular formula is C18H17FN2O3. The van der Waals surface area contributed by atoms with Gasteiger partial charge in [0.1, 0.15) is 18.2 Å². The maximum Gasteiger partial charge on any atom is 0.258 e. The van der Waals surface area contributed by atoms with Crippen LogP contribution in [0.5, 0.6) is 5.75 Å². The van der Waals surface area contributed by atoms with Crippen molar-refractivity contribution in [3.63, 3.8) is 0 Å². The summed E-state index contributed by atoms with van der Waals surface area (Å²) in [6.07, 6.45) is 0. The fourth-order valence-corrected chi connectivity index (χ4v) is 2.28. The van der Waals surface area contributed by atoms with Crippen LogP contribution in [0, 0.1) is 11.2 Å². The van der Waals surface area contributed by atoms with Gasteiger partial charge in [0.25, 0.3) is 5.91 Å². The van der Waals surface area contributed by atoms with Gasteiger partial charge in [-0.3, -0.25) is 9.59 Å². The largest absolute Gasteiger partial charge is 0.490 e. The number of benzene rings is 2. The number of hydrogen-bond acceptors (Lipinski definition) is 3. The van der Waals surface area contributed by atoms with E-state index < -0.39 is 17.1 Å². The molecule has 0 radical (unpaired) electrons. The van der Waals surface area contributed by atoms with Gasteiger partial charge in [0.15, 0.2) is 0 Å². The smallest absolute Gasteiger partial charge is 0.258 e. The van der Waals surface area contributed by atoms with Crippen molar-refractivity contribution in [2.75, 3.05) is 17.2 Å². The van der Waals surface area contributed by atoms with Crippen LogP contribution in [0.2, 0.25) is 0 Å². The average molecular weight is 328 g/mol. The van der Waals surface area contributed by atoms with Crippen molar-refractivity contribution in [1.82, 2.24) is 0 Å². The molecule has 2 amide bonds. The first-order valence-electron chi connectivity index (χ1n) is 7.51. The van der Waals surface area contributed by atoms with Gasteiger partial charge in [-0.1, -0.05) is 12.1 Å². The van der Waals surface area contributed by atoms with Crippen LogP contribution in [0.4, 0.5) is 15.8 Å². The zero-order chi connectivity index (χ0) is 17.3. The van der Waals surface area contributed by atoms with Crippen LogP contribution < -0.4 is 15.4 Å². The Morgan fingerprint density at radius 1 is 1.25 bits per heavy atom. The standard InChI is InChI=1S/C18H17FN2O3/c1-18(2)10-24-15-9-11(7-8-14(15)21-17(18)23)20-16(22)12-5-3-4-6-13(12)19/h3-9H,10H2,1-2H3,(H,20,22)(H,21,23). The molecule has 0 fully saturated rings. The monoisotopic (exact) mass is 328 g/mol. The highest BCUT2D eigenvalue weighted by Crippen LogP contribution is 2.34. The highest BCUT2D eigenvalue weighted by molar-refractivity contribution is 6.05. The van der Waals surface area contributed by atoms with E-state index >= 15 is 0 Å². The number of halogens is 1. The minimum atomic E-state index is -0.657. The van der Waals surface area contributed by atoms with E-state index in [1.54, 1.807) is 38.1 Å². The summed E-state index contributed by atoms with van der Waals surface area (Å²) < 4.78 is 19.3. The number of carbonyl (C=O) groups excluding carboxylic acids is 2. The summed E-state index contributed by atoms with van der Waals surface area (Å²) in [7, 11) is 0. The van der Waals surface area contributed by atoms with Crippen LogP contribution in [0.25, 0.3) is 0 Å². The molecule has 0 spiro atoms. The summed E-state index contributed by atoms with van der Waals surface area (Å²) in [6, 6.07) is 10.6. The summed E-state index contributed by atoms with van der Waals surface area (Å²) in [4.78, 5) is 24.2. The number of ether oxygens (including phenoxy) is 1. The number of rotatable bonds is 2. The van der Waals surface area contributed by atoms with Crippen LogP contribution in [-0.4, -0.2) is 18.4 Å². The van der Waals surface area contributed by atoms with Gasteiger partial charge in [-0.15, -0.1) is 0 Å². The normalized spacial score (nSPS) is 15.5. The molecule has 0 saturated heterocycles. The SMILES string of the molecule is CC1(C)COc2cc(NC(=O)c3ccccc3F)ccc2NC1=O. The molecule has 0 bridgehead atoms. The number of carbonyl (C=O) groups is 2. The Morgan fingerprint density at radius 2 is 2.00 bits per heavy atom. The molecule has 0 saturated carbocycles. The summed E-state index contributed by atoms with van der Waals surface area (Å²) in [5.41, 5.74) is 0.295. The molecule has 6 heteroatoms. The van der Waals surface area contributed by atoms with Gasteiger partial charge in [-0.2, -0.15) is 0 Å². The van der Waals surface area contributed by atoms with E-state index in [1.807, 2.05) is 0 Å². The highest BCUT2D eigenvalue weighted by atomic mass is 19.1. The molecule has 1 heterocycles. The summed E-state index contributed by atoms with van der Waals surface area (Å²) in [5.74, 6) is -0.814. The highest BCUT2D eigenvalue weighted by Gasteiger charge is 2.32. The maximum atomic E-state index is 13.7.